The highest BCUT2D eigenvalue weighted by molar-refractivity contribution is 6.30. The topological polar surface area (TPSA) is 59.9 Å². The standard InChI is InChI=1S/C25H25ClN2O3/c1-18(2)21-7-13-24(14-8-21)31-17-25(29)28-27-15-19-5-11-23(12-6-19)30-16-20-3-9-22(26)10-4-20/h3-15,18H,16-17H2,1-2H3,(H,28,29). The number of ether oxygens (including phenoxy) is 2. The summed E-state index contributed by atoms with van der Waals surface area (Å²) < 4.78 is 11.2. The van der Waals surface area contributed by atoms with Crippen molar-refractivity contribution >= 4 is 23.7 Å². The number of hydrogen-bond donors (Lipinski definition) is 1. The smallest absolute Gasteiger partial charge is 0.277 e. The zero-order valence-electron chi connectivity index (χ0n) is 17.5. The van der Waals surface area contributed by atoms with E-state index in [0.717, 1.165) is 16.9 Å². The van der Waals surface area contributed by atoms with Gasteiger partial charge in [-0.05, 0) is 71.1 Å². The van der Waals surface area contributed by atoms with E-state index in [-0.39, 0.29) is 12.5 Å². The molecule has 0 saturated carbocycles. The third kappa shape index (κ3) is 7.46. The van der Waals surface area contributed by atoms with E-state index in [1.165, 1.54) is 5.56 Å². The van der Waals surface area contributed by atoms with E-state index in [0.29, 0.717) is 23.3 Å². The van der Waals surface area contributed by atoms with Crippen LogP contribution in [0.3, 0.4) is 0 Å². The summed E-state index contributed by atoms with van der Waals surface area (Å²) in [6.07, 6.45) is 1.57. The maximum atomic E-state index is 11.9. The van der Waals surface area contributed by atoms with Crippen molar-refractivity contribution < 1.29 is 14.3 Å². The lowest BCUT2D eigenvalue weighted by Gasteiger charge is -2.08. The minimum atomic E-state index is -0.327. The average Bonchev–Trinajstić information content (AvgIpc) is 2.78. The van der Waals surface area contributed by atoms with Gasteiger partial charge in [-0.1, -0.05) is 49.7 Å². The molecule has 0 fully saturated rings. The minimum absolute atomic E-state index is 0.101. The van der Waals surface area contributed by atoms with Crippen LogP contribution in [0, 0.1) is 0 Å². The van der Waals surface area contributed by atoms with E-state index in [1.54, 1.807) is 6.21 Å². The molecule has 0 aliphatic carbocycles. The van der Waals surface area contributed by atoms with Crippen LogP contribution in [0.25, 0.3) is 0 Å². The Kier molecular flexibility index (Phi) is 8.07. The van der Waals surface area contributed by atoms with E-state index in [4.69, 9.17) is 21.1 Å². The molecule has 0 aliphatic heterocycles. The highest BCUT2D eigenvalue weighted by atomic mass is 35.5. The third-order valence-corrected chi connectivity index (χ3v) is 4.77. The lowest BCUT2D eigenvalue weighted by molar-refractivity contribution is -0.123. The van der Waals surface area contributed by atoms with Crippen molar-refractivity contribution in [1.82, 2.24) is 5.43 Å². The van der Waals surface area contributed by atoms with Gasteiger partial charge >= 0.3 is 0 Å². The molecule has 0 aliphatic rings. The number of halogens is 1. The van der Waals surface area contributed by atoms with E-state index in [1.807, 2.05) is 72.8 Å². The Hall–Kier alpha value is -3.31. The van der Waals surface area contributed by atoms with Gasteiger partial charge in [0.1, 0.15) is 18.1 Å². The molecule has 0 saturated heterocycles. The maximum absolute atomic E-state index is 11.9. The van der Waals surface area contributed by atoms with E-state index >= 15 is 0 Å². The Labute approximate surface area is 187 Å². The summed E-state index contributed by atoms with van der Waals surface area (Å²) in [4.78, 5) is 11.9. The molecular weight excluding hydrogens is 412 g/mol. The maximum Gasteiger partial charge on any atom is 0.277 e. The summed E-state index contributed by atoms with van der Waals surface area (Å²) >= 11 is 5.88. The summed E-state index contributed by atoms with van der Waals surface area (Å²) in [5.41, 5.74) is 5.56. The molecule has 0 spiro atoms. The number of nitrogens with one attached hydrogen (secondary N) is 1. The van der Waals surface area contributed by atoms with Crippen LogP contribution < -0.4 is 14.9 Å². The van der Waals surface area contributed by atoms with Crippen LogP contribution in [0.15, 0.2) is 77.9 Å². The molecule has 3 aromatic carbocycles. The van der Waals surface area contributed by atoms with Crippen LogP contribution in [-0.2, 0) is 11.4 Å². The molecular formula is C25H25ClN2O3. The van der Waals surface area contributed by atoms with E-state index in [9.17, 15) is 4.79 Å². The van der Waals surface area contributed by atoms with E-state index in [2.05, 4.69) is 24.4 Å². The van der Waals surface area contributed by atoms with Crippen molar-refractivity contribution in [3.63, 3.8) is 0 Å². The molecule has 0 aromatic heterocycles. The molecule has 0 bridgehead atoms. The highest BCUT2D eigenvalue weighted by Crippen LogP contribution is 2.18. The minimum Gasteiger partial charge on any atom is -0.489 e. The molecule has 0 atom stereocenters. The van der Waals surface area contributed by atoms with Crippen LogP contribution in [0.4, 0.5) is 0 Å². The number of benzene rings is 3. The Morgan fingerprint density at radius 1 is 0.935 bits per heavy atom. The summed E-state index contributed by atoms with van der Waals surface area (Å²) in [6, 6.07) is 22.7. The summed E-state index contributed by atoms with van der Waals surface area (Å²) in [7, 11) is 0. The molecule has 1 amide bonds. The fourth-order valence-electron chi connectivity index (χ4n) is 2.71. The van der Waals surface area contributed by atoms with Gasteiger partial charge in [-0.25, -0.2) is 5.43 Å². The van der Waals surface area contributed by atoms with Crippen LogP contribution in [0.1, 0.15) is 36.5 Å². The molecule has 160 valence electrons. The molecule has 6 heteroatoms. The zero-order chi connectivity index (χ0) is 22.1. The van der Waals surface area contributed by atoms with Gasteiger partial charge in [0.15, 0.2) is 6.61 Å². The number of amides is 1. The van der Waals surface area contributed by atoms with Crippen molar-refractivity contribution in [1.29, 1.82) is 0 Å². The largest absolute Gasteiger partial charge is 0.489 e. The molecule has 1 N–H and O–H groups in total. The van der Waals surface area contributed by atoms with Crippen molar-refractivity contribution in [3.8, 4) is 11.5 Å². The average molecular weight is 437 g/mol. The summed E-state index contributed by atoms with van der Waals surface area (Å²) in [6.45, 7) is 4.61. The van der Waals surface area contributed by atoms with Gasteiger partial charge in [-0.15, -0.1) is 0 Å². The molecule has 3 aromatic rings. The van der Waals surface area contributed by atoms with Crippen molar-refractivity contribution in [2.45, 2.75) is 26.4 Å². The van der Waals surface area contributed by atoms with Gasteiger partial charge in [0.05, 0.1) is 6.21 Å². The second-order valence-electron chi connectivity index (χ2n) is 7.29. The van der Waals surface area contributed by atoms with Crippen LogP contribution in [0.2, 0.25) is 5.02 Å². The molecule has 3 rings (SSSR count). The number of nitrogens with zero attached hydrogens (tertiary/aromatic N) is 1. The van der Waals surface area contributed by atoms with Crippen LogP contribution >= 0.6 is 11.6 Å². The first-order valence-corrected chi connectivity index (χ1v) is 10.4. The van der Waals surface area contributed by atoms with Crippen molar-refractivity contribution in [2.24, 2.45) is 5.10 Å². The summed E-state index contributed by atoms with van der Waals surface area (Å²) in [5.74, 6) is 1.52. The number of hydrogen-bond acceptors (Lipinski definition) is 4. The van der Waals surface area contributed by atoms with Crippen molar-refractivity contribution in [2.75, 3.05) is 6.61 Å². The van der Waals surface area contributed by atoms with Gasteiger partial charge in [0, 0.05) is 5.02 Å². The monoisotopic (exact) mass is 436 g/mol. The predicted molar refractivity (Wildman–Crippen MR) is 124 cm³/mol. The Morgan fingerprint density at radius 2 is 1.55 bits per heavy atom. The number of rotatable bonds is 9. The Bertz CT molecular complexity index is 998. The quantitative estimate of drug-likeness (QED) is 0.352. The second kappa shape index (κ2) is 11.2. The molecule has 0 unspecified atom stereocenters. The van der Waals surface area contributed by atoms with E-state index < -0.39 is 0 Å². The lowest BCUT2D eigenvalue weighted by Crippen LogP contribution is -2.24. The normalized spacial score (nSPS) is 11.0. The highest BCUT2D eigenvalue weighted by Gasteiger charge is 2.03. The first-order chi connectivity index (χ1) is 15.0. The van der Waals surface area contributed by atoms with Crippen LogP contribution in [0.5, 0.6) is 11.5 Å². The number of hydrazone groups is 1. The van der Waals surface area contributed by atoms with Crippen LogP contribution in [-0.4, -0.2) is 18.7 Å². The Morgan fingerprint density at radius 3 is 2.19 bits per heavy atom. The second-order valence-corrected chi connectivity index (χ2v) is 7.73. The fraction of sp³-hybridized carbons (Fsp3) is 0.200. The summed E-state index contributed by atoms with van der Waals surface area (Å²) in [5, 5.41) is 4.67. The molecule has 0 radical (unpaired) electrons. The lowest BCUT2D eigenvalue weighted by atomic mass is 10.0. The Balaban J connectivity index is 1.40. The van der Waals surface area contributed by atoms with Gasteiger partial charge in [0.25, 0.3) is 5.91 Å². The van der Waals surface area contributed by atoms with Gasteiger partial charge in [-0.2, -0.15) is 5.10 Å². The fourth-order valence-corrected chi connectivity index (χ4v) is 2.83. The predicted octanol–water partition coefficient (Wildman–Crippen LogP) is 5.57. The molecule has 0 heterocycles. The molecule has 5 nitrogen and oxygen atoms in total. The first kappa shape index (κ1) is 22.4. The SMILES string of the molecule is CC(C)c1ccc(OCC(=O)NN=Cc2ccc(OCc3ccc(Cl)cc3)cc2)cc1. The first-order valence-electron chi connectivity index (χ1n) is 10.0. The number of carbonyl (C=O) groups is 1. The van der Waals surface area contributed by atoms with Gasteiger partial charge in [-0.3, -0.25) is 4.79 Å². The van der Waals surface area contributed by atoms with Gasteiger partial charge in [0.2, 0.25) is 0 Å². The van der Waals surface area contributed by atoms with Gasteiger partial charge < -0.3 is 9.47 Å². The number of carbonyl (C=O) groups excluding carboxylic acids is 1. The third-order valence-electron chi connectivity index (χ3n) is 4.52. The zero-order valence-corrected chi connectivity index (χ0v) is 18.3. The molecule has 31 heavy (non-hydrogen) atoms. The van der Waals surface area contributed by atoms with Crippen molar-refractivity contribution in [3.05, 3.63) is 94.5 Å².